The van der Waals surface area contributed by atoms with Gasteiger partial charge in [-0.2, -0.15) is 4.80 Å². The van der Waals surface area contributed by atoms with Gasteiger partial charge in [-0.25, -0.2) is 0 Å². The molecule has 0 spiro atoms. The minimum absolute atomic E-state index is 0.376. The van der Waals surface area contributed by atoms with E-state index in [0.717, 1.165) is 29.8 Å². The first-order valence-corrected chi connectivity index (χ1v) is 12.3. The quantitative estimate of drug-likeness (QED) is 0.342. The summed E-state index contributed by atoms with van der Waals surface area (Å²) < 4.78 is 0. The van der Waals surface area contributed by atoms with Crippen LogP contribution in [-0.4, -0.2) is 49.5 Å². The Kier molecular flexibility index (Phi) is 8.37. The van der Waals surface area contributed by atoms with Gasteiger partial charge in [-0.15, -0.1) is 10.2 Å². The van der Waals surface area contributed by atoms with E-state index in [2.05, 4.69) is 51.9 Å². The molecule has 0 aliphatic heterocycles. The van der Waals surface area contributed by atoms with Gasteiger partial charge in [-0.05, 0) is 61.0 Å². The molecule has 3 aromatic carbocycles. The lowest BCUT2D eigenvalue weighted by atomic mass is 10.1. The van der Waals surface area contributed by atoms with E-state index < -0.39 is 5.91 Å². The molecule has 0 saturated carbocycles. The minimum Gasteiger partial charge on any atom is -0.297 e. The Labute approximate surface area is 216 Å². The van der Waals surface area contributed by atoms with Crippen molar-refractivity contribution in [2.45, 2.75) is 39.9 Å². The highest BCUT2D eigenvalue weighted by atomic mass is 16.2. The molecule has 0 unspecified atom stereocenters. The number of hydrazine groups is 1. The maximum absolute atomic E-state index is 12.5. The van der Waals surface area contributed by atoms with Crippen LogP contribution in [0.2, 0.25) is 0 Å². The fourth-order valence-corrected chi connectivity index (χ4v) is 3.85. The molecule has 2 N–H and O–H groups in total. The molecule has 4 aromatic rings. The molecule has 2 amide bonds. The maximum atomic E-state index is 12.5. The molecule has 1 heterocycles. The number of carbonyl (C=O) groups is 2. The van der Waals surface area contributed by atoms with Crippen LogP contribution in [0.5, 0.6) is 0 Å². The Morgan fingerprint density at radius 2 is 1.41 bits per heavy atom. The van der Waals surface area contributed by atoms with Crippen LogP contribution in [0.3, 0.4) is 0 Å². The van der Waals surface area contributed by atoms with Crippen molar-refractivity contribution < 1.29 is 9.59 Å². The number of nitrogens with one attached hydrogen (secondary N) is 2. The number of aromatic nitrogens is 4. The molecule has 0 fully saturated rings. The van der Waals surface area contributed by atoms with Crippen molar-refractivity contribution in [2.75, 3.05) is 6.54 Å². The molecule has 1 aromatic heterocycles. The van der Waals surface area contributed by atoms with Gasteiger partial charge in [0, 0.05) is 29.3 Å². The largest absolute Gasteiger partial charge is 0.297 e. The van der Waals surface area contributed by atoms with Gasteiger partial charge >= 0.3 is 0 Å². The van der Waals surface area contributed by atoms with E-state index in [0.29, 0.717) is 29.5 Å². The highest BCUT2D eigenvalue weighted by molar-refractivity contribution is 5.99. The zero-order valence-electron chi connectivity index (χ0n) is 21.3. The predicted octanol–water partition coefficient (Wildman–Crippen LogP) is 3.69. The van der Waals surface area contributed by atoms with Crippen molar-refractivity contribution in [1.29, 1.82) is 0 Å². The van der Waals surface area contributed by atoms with Crippen molar-refractivity contribution >= 4 is 11.8 Å². The lowest BCUT2D eigenvalue weighted by molar-refractivity contribution is 0.0846. The van der Waals surface area contributed by atoms with Crippen LogP contribution in [0.1, 0.15) is 52.6 Å². The standard InChI is InChI=1S/C28H31N7O2/c1-4-34(20(2)3)18-21-10-14-24(15-11-21)27(36)30-31-28(37)25-16-12-22(13-17-25)19-35-32-26(29-33-35)23-8-6-5-7-9-23/h5-17,20H,4,18-19H2,1-3H3,(H,30,36)(H,31,37). The summed E-state index contributed by atoms with van der Waals surface area (Å²) in [5, 5.41) is 12.6. The smallest absolute Gasteiger partial charge is 0.269 e. The maximum Gasteiger partial charge on any atom is 0.269 e. The molecular weight excluding hydrogens is 466 g/mol. The van der Waals surface area contributed by atoms with Crippen LogP contribution >= 0.6 is 0 Å². The van der Waals surface area contributed by atoms with Crippen molar-refractivity contribution in [2.24, 2.45) is 0 Å². The monoisotopic (exact) mass is 497 g/mol. The second kappa shape index (κ2) is 12.0. The van der Waals surface area contributed by atoms with Crippen LogP contribution in [0, 0.1) is 0 Å². The molecule has 0 radical (unpaired) electrons. The number of nitrogens with zero attached hydrogens (tertiary/aromatic N) is 5. The lowest BCUT2D eigenvalue weighted by Crippen LogP contribution is -2.41. The van der Waals surface area contributed by atoms with Crippen LogP contribution < -0.4 is 10.9 Å². The molecule has 37 heavy (non-hydrogen) atoms. The fourth-order valence-electron chi connectivity index (χ4n) is 3.85. The average Bonchev–Trinajstić information content (AvgIpc) is 3.39. The number of amides is 2. The highest BCUT2D eigenvalue weighted by Gasteiger charge is 2.12. The summed E-state index contributed by atoms with van der Waals surface area (Å²) >= 11 is 0. The Hall–Kier alpha value is -4.37. The zero-order valence-corrected chi connectivity index (χ0v) is 21.3. The third-order valence-corrected chi connectivity index (χ3v) is 6.05. The molecule has 0 bridgehead atoms. The number of carbonyl (C=O) groups excluding carboxylic acids is 2. The van der Waals surface area contributed by atoms with E-state index in [1.807, 2.05) is 54.6 Å². The first-order chi connectivity index (χ1) is 17.9. The Morgan fingerprint density at radius 1 is 0.838 bits per heavy atom. The van der Waals surface area contributed by atoms with Gasteiger partial charge in [0.25, 0.3) is 11.8 Å². The highest BCUT2D eigenvalue weighted by Crippen LogP contribution is 2.13. The number of benzene rings is 3. The molecule has 190 valence electrons. The summed E-state index contributed by atoms with van der Waals surface area (Å²) in [4.78, 5) is 28.8. The lowest BCUT2D eigenvalue weighted by Gasteiger charge is -2.24. The number of hydrogen-bond acceptors (Lipinski definition) is 6. The van der Waals surface area contributed by atoms with Gasteiger partial charge in [0.1, 0.15) is 0 Å². The van der Waals surface area contributed by atoms with E-state index in [4.69, 9.17) is 0 Å². The minimum atomic E-state index is -0.405. The predicted molar refractivity (Wildman–Crippen MR) is 141 cm³/mol. The summed E-state index contributed by atoms with van der Waals surface area (Å²) in [5.41, 5.74) is 8.79. The van der Waals surface area contributed by atoms with Gasteiger partial charge in [0.05, 0.1) is 6.54 Å². The Bertz CT molecular complexity index is 1320. The van der Waals surface area contributed by atoms with Crippen molar-refractivity contribution in [1.82, 2.24) is 36.0 Å². The van der Waals surface area contributed by atoms with Crippen LogP contribution in [0.4, 0.5) is 0 Å². The number of tetrazole rings is 1. The SMILES string of the molecule is CCN(Cc1ccc(C(=O)NNC(=O)c2ccc(Cn3nnc(-c4ccccc4)n3)cc2)cc1)C(C)C. The normalized spacial score (nSPS) is 11.1. The summed E-state index contributed by atoms with van der Waals surface area (Å²) in [6, 6.07) is 24.5. The van der Waals surface area contributed by atoms with Crippen molar-refractivity contribution in [3.8, 4) is 11.4 Å². The third-order valence-electron chi connectivity index (χ3n) is 6.05. The third kappa shape index (κ3) is 6.86. The Morgan fingerprint density at radius 3 is 1.95 bits per heavy atom. The van der Waals surface area contributed by atoms with E-state index in [1.165, 1.54) is 4.80 Å². The van der Waals surface area contributed by atoms with Crippen LogP contribution in [0.25, 0.3) is 11.4 Å². The Balaban J connectivity index is 1.28. The van der Waals surface area contributed by atoms with E-state index in [9.17, 15) is 9.59 Å². The van der Waals surface area contributed by atoms with Gasteiger partial charge in [0.2, 0.25) is 5.82 Å². The van der Waals surface area contributed by atoms with E-state index in [1.54, 1.807) is 24.3 Å². The van der Waals surface area contributed by atoms with Gasteiger partial charge in [-0.1, -0.05) is 61.5 Å². The second-order valence-electron chi connectivity index (χ2n) is 8.97. The molecule has 0 aliphatic rings. The average molecular weight is 498 g/mol. The van der Waals surface area contributed by atoms with Gasteiger partial charge in [0.15, 0.2) is 0 Å². The van der Waals surface area contributed by atoms with Gasteiger partial charge in [-0.3, -0.25) is 25.3 Å². The van der Waals surface area contributed by atoms with E-state index in [-0.39, 0.29) is 5.91 Å². The van der Waals surface area contributed by atoms with Crippen LogP contribution in [-0.2, 0) is 13.1 Å². The van der Waals surface area contributed by atoms with Crippen LogP contribution in [0.15, 0.2) is 78.9 Å². The molecule has 0 saturated heterocycles. The fraction of sp³-hybridized carbons (Fsp3) is 0.250. The molecule has 0 aliphatic carbocycles. The molecular formula is C28H31N7O2. The van der Waals surface area contributed by atoms with E-state index >= 15 is 0 Å². The number of hydrogen-bond donors (Lipinski definition) is 2. The van der Waals surface area contributed by atoms with Crippen molar-refractivity contribution in [3.05, 3.63) is 101 Å². The second-order valence-corrected chi connectivity index (χ2v) is 8.97. The van der Waals surface area contributed by atoms with Crippen molar-refractivity contribution in [3.63, 3.8) is 0 Å². The zero-order chi connectivity index (χ0) is 26.2. The van der Waals surface area contributed by atoms with Gasteiger partial charge < -0.3 is 0 Å². The summed E-state index contributed by atoms with van der Waals surface area (Å²) in [6.07, 6.45) is 0. The summed E-state index contributed by atoms with van der Waals surface area (Å²) in [6.45, 7) is 8.66. The number of rotatable bonds is 9. The summed E-state index contributed by atoms with van der Waals surface area (Å²) in [5.74, 6) is -0.225. The topological polar surface area (TPSA) is 105 Å². The molecule has 0 atom stereocenters. The molecule has 4 rings (SSSR count). The first kappa shape index (κ1) is 25.7. The molecule has 9 heteroatoms. The first-order valence-electron chi connectivity index (χ1n) is 12.3. The summed E-state index contributed by atoms with van der Waals surface area (Å²) in [7, 11) is 0. The molecule has 9 nitrogen and oxygen atoms in total.